The molecule has 7 nitrogen and oxygen atoms in total. The number of hydrogen-bond donors (Lipinski definition) is 1. The number of piperazine rings is 1. The van der Waals surface area contributed by atoms with E-state index in [1.807, 2.05) is 4.90 Å². The highest BCUT2D eigenvalue weighted by Crippen LogP contribution is 2.34. The smallest absolute Gasteiger partial charge is 0.254 e. The maximum Gasteiger partial charge on any atom is 0.254 e. The molecule has 2 aliphatic heterocycles. The topological polar surface area (TPSA) is 71.1 Å². The molecule has 2 aliphatic carbocycles. The zero-order valence-corrected chi connectivity index (χ0v) is 17.5. The minimum Gasteiger partial charge on any atom is -0.454 e. The summed E-state index contributed by atoms with van der Waals surface area (Å²) < 4.78 is 10.7. The van der Waals surface area contributed by atoms with Gasteiger partial charge in [0.15, 0.2) is 11.5 Å². The van der Waals surface area contributed by atoms with E-state index in [2.05, 4.69) is 10.2 Å². The molecule has 1 N–H and O–H groups in total. The largest absolute Gasteiger partial charge is 0.454 e. The Morgan fingerprint density at radius 1 is 1.00 bits per heavy atom. The lowest BCUT2D eigenvalue weighted by Gasteiger charge is -2.40. The summed E-state index contributed by atoms with van der Waals surface area (Å²) in [6, 6.07) is 5.32. The molecule has 0 aromatic heterocycles. The summed E-state index contributed by atoms with van der Waals surface area (Å²) in [5.74, 6) is 2.67. The minimum atomic E-state index is -0.0472. The molecule has 1 atom stereocenters. The molecule has 1 unspecified atom stereocenters. The van der Waals surface area contributed by atoms with Gasteiger partial charge in [0.1, 0.15) is 0 Å². The first-order valence-corrected chi connectivity index (χ1v) is 11.4. The molecular weight excluding hydrogens is 382 g/mol. The van der Waals surface area contributed by atoms with Crippen LogP contribution in [-0.2, 0) is 4.79 Å². The van der Waals surface area contributed by atoms with E-state index in [4.69, 9.17) is 9.47 Å². The molecule has 0 radical (unpaired) electrons. The lowest BCUT2D eigenvalue weighted by Crippen LogP contribution is -2.58. The maximum atomic E-state index is 13.0. The Morgan fingerprint density at radius 3 is 2.47 bits per heavy atom. The van der Waals surface area contributed by atoms with Gasteiger partial charge in [-0.2, -0.15) is 0 Å². The first kappa shape index (κ1) is 19.7. The van der Waals surface area contributed by atoms with Crippen LogP contribution in [0, 0.1) is 11.8 Å². The van der Waals surface area contributed by atoms with Crippen molar-refractivity contribution in [2.24, 2.45) is 11.8 Å². The van der Waals surface area contributed by atoms with Crippen LogP contribution in [0.5, 0.6) is 11.5 Å². The second-order valence-corrected chi connectivity index (χ2v) is 9.07. The maximum absolute atomic E-state index is 13.0. The summed E-state index contributed by atoms with van der Waals surface area (Å²) in [6.07, 6.45) is 7.21. The van der Waals surface area contributed by atoms with E-state index >= 15 is 0 Å². The quantitative estimate of drug-likeness (QED) is 0.775. The molecule has 2 saturated carbocycles. The van der Waals surface area contributed by atoms with Crippen molar-refractivity contribution >= 4 is 11.8 Å². The average molecular weight is 414 g/mol. The van der Waals surface area contributed by atoms with Crippen molar-refractivity contribution in [3.63, 3.8) is 0 Å². The van der Waals surface area contributed by atoms with Crippen LogP contribution in [0.25, 0.3) is 0 Å². The van der Waals surface area contributed by atoms with E-state index in [-0.39, 0.29) is 24.6 Å². The Kier molecular flexibility index (Phi) is 5.54. The Bertz CT molecular complexity index is 796. The molecule has 1 saturated heterocycles. The number of rotatable bonds is 6. The van der Waals surface area contributed by atoms with Gasteiger partial charge in [-0.3, -0.25) is 14.5 Å². The van der Waals surface area contributed by atoms with Gasteiger partial charge in [-0.1, -0.05) is 12.8 Å². The summed E-state index contributed by atoms with van der Waals surface area (Å²) >= 11 is 0. The monoisotopic (exact) mass is 413 g/mol. The normalized spacial score (nSPS) is 22.9. The minimum absolute atomic E-state index is 0.0172. The number of hydrogen-bond acceptors (Lipinski definition) is 5. The zero-order valence-electron chi connectivity index (χ0n) is 17.5. The average Bonchev–Trinajstić information content (AvgIpc) is 3.23. The predicted octanol–water partition coefficient (Wildman–Crippen LogP) is 2.26. The first-order valence-electron chi connectivity index (χ1n) is 11.4. The number of carbonyl (C=O) groups excluding carboxylic acids is 2. The third-order valence-corrected chi connectivity index (χ3v) is 6.99. The lowest BCUT2D eigenvalue weighted by molar-refractivity contribution is -0.129. The number of nitrogens with one attached hydrogen (secondary N) is 1. The fourth-order valence-electron chi connectivity index (χ4n) is 5.04. The van der Waals surface area contributed by atoms with Crippen molar-refractivity contribution in [2.75, 3.05) is 39.5 Å². The van der Waals surface area contributed by atoms with E-state index in [1.165, 1.54) is 25.7 Å². The Labute approximate surface area is 177 Å². The molecule has 7 heteroatoms. The van der Waals surface area contributed by atoms with E-state index < -0.39 is 0 Å². The van der Waals surface area contributed by atoms with Gasteiger partial charge in [-0.15, -0.1) is 0 Å². The summed E-state index contributed by atoms with van der Waals surface area (Å²) in [5.41, 5.74) is 0.627. The van der Waals surface area contributed by atoms with Gasteiger partial charge < -0.3 is 19.7 Å². The summed E-state index contributed by atoms with van der Waals surface area (Å²) in [6.45, 7) is 3.81. The van der Waals surface area contributed by atoms with Crippen LogP contribution in [0.1, 0.15) is 48.9 Å². The number of carbonyl (C=O) groups is 2. The molecule has 162 valence electrons. The molecule has 1 aromatic carbocycles. The van der Waals surface area contributed by atoms with Crippen molar-refractivity contribution in [2.45, 2.75) is 44.6 Å². The van der Waals surface area contributed by atoms with Crippen molar-refractivity contribution < 1.29 is 19.1 Å². The van der Waals surface area contributed by atoms with Crippen LogP contribution in [0.2, 0.25) is 0 Å². The van der Waals surface area contributed by atoms with Gasteiger partial charge in [-0.05, 0) is 55.7 Å². The fraction of sp³-hybridized carbons (Fsp3) is 0.652. The van der Waals surface area contributed by atoms with E-state index in [0.29, 0.717) is 42.0 Å². The molecular formula is C23H31N3O4. The van der Waals surface area contributed by atoms with Crippen LogP contribution in [0.3, 0.4) is 0 Å². The van der Waals surface area contributed by atoms with E-state index in [1.54, 1.807) is 18.2 Å². The lowest BCUT2D eigenvalue weighted by atomic mass is 9.95. The molecule has 0 spiro atoms. The molecule has 2 amide bonds. The van der Waals surface area contributed by atoms with E-state index in [0.717, 1.165) is 32.5 Å². The van der Waals surface area contributed by atoms with Crippen LogP contribution >= 0.6 is 0 Å². The molecule has 4 aliphatic rings. The van der Waals surface area contributed by atoms with Crippen molar-refractivity contribution in [1.82, 2.24) is 15.1 Å². The molecule has 30 heavy (non-hydrogen) atoms. The van der Waals surface area contributed by atoms with Gasteiger partial charge in [0.25, 0.3) is 5.91 Å². The first-order chi connectivity index (χ1) is 14.7. The van der Waals surface area contributed by atoms with Crippen molar-refractivity contribution in [3.8, 4) is 11.5 Å². The fourth-order valence-corrected chi connectivity index (χ4v) is 5.04. The molecule has 2 heterocycles. The highest BCUT2D eigenvalue weighted by Gasteiger charge is 2.38. The number of amides is 2. The highest BCUT2D eigenvalue weighted by atomic mass is 16.7. The highest BCUT2D eigenvalue weighted by molar-refractivity contribution is 5.95. The predicted molar refractivity (Wildman–Crippen MR) is 112 cm³/mol. The summed E-state index contributed by atoms with van der Waals surface area (Å²) in [7, 11) is 0. The van der Waals surface area contributed by atoms with E-state index in [9.17, 15) is 9.59 Å². The standard InChI is InChI=1S/C23H31N3O4/c27-22(24-14-16-5-6-16)21(17-3-1-2-4-17)25-9-11-26(12-10-25)23(28)18-7-8-19-20(13-18)30-15-29-19/h7-8,13,16-17,21H,1-6,9-12,14-15H2,(H,24,27). The van der Waals surface area contributed by atoms with Crippen LogP contribution < -0.4 is 14.8 Å². The van der Waals surface area contributed by atoms with Crippen LogP contribution in [-0.4, -0.2) is 67.2 Å². The molecule has 3 fully saturated rings. The SMILES string of the molecule is O=C(NCC1CC1)C(C1CCCC1)N1CCN(C(=O)c2ccc3c(c2)OCO3)CC1. The van der Waals surface area contributed by atoms with Crippen LogP contribution in [0.15, 0.2) is 18.2 Å². The van der Waals surface area contributed by atoms with Gasteiger partial charge >= 0.3 is 0 Å². The second-order valence-electron chi connectivity index (χ2n) is 9.07. The van der Waals surface area contributed by atoms with Gasteiger partial charge in [0.05, 0.1) is 6.04 Å². The summed E-state index contributed by atoms with van der Waals surface area (Å²) in [4.78, 5) is 30.2. The van der Waals surface area contributed by atoms with Crippen LogP contribution in [0.4, 0.5) is 0 Å². The van der Waals surface area contributed by atoms with Gasteiger partial charge in [0, 0.05) is 38.3 Å². The number of fused-ring (bicyclic) bond motifs is 1. The molecule has 1 aromatic rings. The third-order valence-electron chi connectivity index (χ3n) is 6.99. The van der Waals surface area contributed by atoms with Gasteiger partial charge in [0.2, 0.25) is 12.7 Å². The summed E-state index contributed by atoms with van der Waals surface area (Å²) in [5, 5.41) is 3.22. The number of nitrogens with zero attached hydrogens (tertiary/aromatic N) is 2. The Hall–Kier alpha value is -2.28. The molecule has 0 bridgehead atoms. The number of ether oxygens (including phenoxy) is 2. The zero-order chi connectivity index (χ0) is 20.5. The third kappa shape index (κ3) is 4.13. The van der Waals surface area contributed by atoms with Gasteiger partial charge in [-0.25, -0.2) is 0 Å². The van der Waals surface area contributed by atoms with Crippen molar-refractivity contribution in [1.29, 1.82) is 0 Å². The Morgan fingerprint density at radius 2 is 1.73 bits per heavy atom. The Balaban J connectivity index is 1.21. The number of benzene rings is 1. The second kappa shape index (κ2) is 8.46. The van der Waals surface area contributed by atoms with Crippen molar-refractivity contribution in [3.05, 3.63) is 23.8 Å². The molecule has 5 rings (SSSR count).